The van der Waals surface area contributed by atoms with Crippen molar-refractivity contribution in [2.45, 2.75) is 129 Å². The highest BCUT2D eigenvalue weighted by atomic mass is 16.6. The van der Waals surface area contributed by atoms with E-state index < -0.39 is 6.10 Å². The van der Waals surface area contributed by atoms with Crippen molar-refractivity contribution in [3.8, 4) is 0 Å². The molecule has 0 aliphatic carbocycles. The molecule has 0 aromatic rings. The molecule has 1 atom stereocenters. The first-order valence-corrected chi connectivity index (χ1v) is 13.4. The molecule has 0 fully saturated rings. The van der Waals surface area contributed by atoms with Gasteiger partial charge in [0, 0.05) is 13.0 Å². The number of allylic oxidation sites excluding steroid dienone is 4. The van der Waals surface area contributed by atoms with Gasteiger partial charge in [-0.2, -0.15) is 0 Å². The molecule has 0 aromatic carbocycles. The molecule has 0 spiro atoms. The van der Waals surface area contributed by atoms with Crippen LogP contribution in [0.2, 0.25) is 0 Å². The van der Waals surface area contributed by atoms with Crippen LogP contribution in [0.3, 0.4) is 0 Å². The van der Waals surface area contributed by atoms with E-state index in [0.29, 0.717) is 19.6 Å². The number of rotatable bonds is 24. The predicted molar refractivity (Wildman–Crippen MR) is 136 cm³/mol. The number of hydrogen-bond donors (Lipinski definition) is 1. The number of aliphatic hydroxyl groups excluding tert-OH is 1. The Morgan fingerprint density at radius 1 is 0.750 bits per heavy atom. The van der Waals surface area contributed by atoms with Gasteiger partial charge in [-0.1, -0.05) is 102 Å². The topological polar surface area (TPSA) is 55.8 Å². The van der Waals surface area contributed by atoms with E-state index in [0.717, 1.165) is 25.7 Å². The zero-order chi connectivity index (χ0) is 23.5. The lowest BCUT2D eigenvalue weighted by Crippen LogP contribution is -2.27. The maximum atomic E-state index is 11.9. The normalized spacial score (nSPS) is 12.7. The third-order valence-corrected chi connectivity index (χ3v) is 5.51. The van der Waals surface area contributed by atoms with Gasteiger partial charge in [-0.3, -0.25) is 4.79 Å². The molecule has 0 amide bonds. The van der Waals surface area contributed by atoms with Gasteiger partial charge in [-0.15, -0.1) is 0 Å². The van der Waals surface area contributed by atoms with E-state index in [1.165, 1.54) is 77.0 Å². The number of carbonyl (C=O) groups excluding carboxylic acids is 1. The molecule has 0 aliphatic rings. The second-order valence-corrected chi connectivity index (χ2v) is 8.76. The van der Waals surface area contributed by atoms with E-state index in [2.05, 4.69) is 38.2 Å². The van der Waals surface area contributed by atoms with Crippen molar-refractivity contribution in [3.05, 3.63) is 24.3 Å². The summed E-state index contributed by atoms with van der Waals surface area (Å²) < 4.78 is 10.9. The molecule has 0 rings (SSSR count). The fourth-order valence-electron chi connectivity index (χ4n) is 3.48. The van der Waals surface area contributed by atoms with E-state index in [4.69, 9.17) is 9.47 Å². The molecule has 0 saturated heterocycles. The molecule has 0 aliphatic heterocycles. The largest absolute Gasteiger partial charge is 0.457 e. The van der Waals surface area contributed by atoms with Gasteiger partial charge in [-0.25, -0.2) is 0 Å². The van der Waals surface area contributed by atoms with Crippen LogP contribution < -0.4 is 0 Å². The highest BCUT2D eigenvalue weighted by molar-refractivity contribution is 5.69. The highest BCUT2D eigenvalue weighted by Gasteiger charge is 2.13. The van der Waals surface area contributed by atoms with Crippen molar-refractivity contribution in [1.29, 1.82) is 0 Å². The van der Waals surface area contributed by atoms with Gasteiger partial charge in [-0.05, 0) is 38.5 Å². The first-order valence-electron chi connectivity index (χ1n) is 13.4. The maximum Gasteiger partial charge on any atom is 0.306 e. The van der Waals surface area contributed by atoms with Gasteiger partial charge in [0.25, 0.3) is 0 Å². The van der Waals surface area contributed by atoms with Crippen molar-refractivity contribution in [2.24, 2.45) is 0 Å². The number of aliphatic hydroxyl groups is 1. The lowest BCUT2D eigenvalue weighted by molar-refractivity contribution is -0.154. The summed E-state index contributed by atoms with van der Waals surface area (Å²) in [5.74, 6) is -0.217. The van der Waals surface area contributed by atoms with Crippen molar-refractivity contribution < 1.29 is 19.4 Å². The minimum Gasteiger partial charge on any atom is -0.457 e. The van der Waals surface area contributed by atoms with Gasteiger partial charge < -0.3 is 14.6 Å². The summed E-state index contributed by atoms with van der Waals surface area (Å²) in [4.78, 5) is 11.9. The Kier molecular flexibility index (Phi) is 25.2. The van der Waals surface area contributed by atoms with Gasteiger partial charge in [0.05, 0.1) is 13.2 Å². The number of hydrogen-bond acceptors (Lipinski definition) is 4. The minimum atomic E-state index is -0.530. The van der Waals surface area contributed by atoms with Crippen LogP contribution in [0.4, 0.5) is 0 Å². The molecular weight excluding hydrogens is 400 g/mol. The Morgan fingerprint density at radius 3 is 2.06 bits per heavy atom. The summed E-state index contributed by atoms with van der Waals surface area (Å²) in [6.07, 6.45) is 27.8. The third-order valence-electron chi connectivity index (χ3n) is 5.51. The second-order valence-electron chi connectivity index (χ2n) is 8.76. The summed E-state index contributed by atoms with van der Waals surface area (Å²) in [5, 5.41) is 9.40. The van der Waals surface area contributed by atoms with Crippen molar-refractivity contribution >= 4 is 5.97 Å². The van der Waals surface area contributed by atoms with Crippen LogP contribution in [0.25, 0.3) is 0 Å². The molecule has 4 heteroatoms. The van der Waals surface area contributed by atoms with Crippen molar-refractivity contribution in [1.82, 2.24) is 0 Å². The standard InChI is InChI=1S/C28H52O4/c1-3-5-7-9-11-12-13-14-15-16-17-18-20-22-24-31-26-27(25-29)32-28(30)23-21-19-10-8-6-4-2/h7,9,12-13,27,29H,3-6,8,10-11,14-26H2,1-2H3/b9-7-,13-12-. The Morgan fingerprint density at radius 2 is 1.38 bits per heavy atom. The SMILES string of the molecule is CCC/C=C\C/C=C\CCCCCCCCOCC(CO)OC(=O)CCCCCCCC. The van der Waals surface area contributed by atoms with E-state index in [-0.39, 0.29) is 12.6 Å². The van der Waals surface area contributed by atoms with Crippen molar-refractivity contribution in [2.75, 3.05) is 19.8 Å². The molecular formula is C28H52O4. The van der Waals surface area contributed by atoms with Crippen LogP contribution in [0.1, 0.15) is 123 Å². The molecule has 0 bridgehead atoms. The van der Waals surface area contributed by atoms with E-state index >= 15 is 0 Å². The molecule has 0 radical (unpaired) electrons. The molecule has 1 N–H and O–H groups in total. The molecule has 0 saturated carbocycles. The highest BCUT2D eigenvalue weighted by Crippen LogP contribution is 2.10. The Hall–Kier alpha value is -1.13. The van der Waals surface area contributed by atoms with Gasteiger partial charge in [0.2, 0.25) is 0 Å². The number of ether oxygens (including phenoxy) is 2. The average Bonchev–Trinajstić information content (AvgIpc) is 2.80. The fourth-order valence-corrected chi connectivity index (χ4v) is 3.48. The van der Waals surface area contributed by atoms with E-state index in [1.54, 1.807) is 0 Å². The second kappa shape index (κ2) is 26.1. The molecule has 32 heavy (non-hydrogen) atoms. The molecule has 0 aromatic heterocycles. The van der Waals surface area contributed by atoms with Crippen molar-refractivity contribution in [3.63, 3.8) is 0 Å². The van der Waals surface area contributed by atoms with Crippen LogP contribution >= 0.6 is 0 Å². The summed E-state index contributed by atoms with van der Waals surface area (Å²) in [6, 6.07) is 0. The average molecular weight is 453 g/mol. The number of unbranched alkanes of at least 4 members (excludes halogenated alkanes) is 12. The Labute approximate surface area is 198 Å². The number of esters is 1. The summed E-state index contributed by atoms with van der Waals surface area (Å²) in [7, 11) is 0. The molecule has 4 nitrogen and oxygen atoms in total. The zero-order valence-corrected chi connectivity index (χ0v) is 21.2. The van der Waals surface area contributed by atoms with Crippen LogP contribution in [-0.4, -0.2) is 37.0 Å². The lowest BCUT2D eigenvalue weighted by Gasteiger charge is -2.15. The zero-order valence-electron chi connectivity index (χ0n) is 21.2. The minimum absolute atomic E-state index is 0.175. The third kappa shape index (κ3) is 23.5. The summed E-state index contributed by atoms with van der Waals surface area (Å²) in [6.45, 7) is 5.19. The summed E-state index contributed by atoms with van der Waals surface area (Å²) >= 11 is 0. The molecule has 0 heterocycles. The van der Waals surface area contributed by atoms with Crippen LogP contribution in [0.5, 0.6) is 0 Å². The van der Waals surface area contributed by atoms with E-state index in [1.807, 2.05) is 0 Å². The summed E-state index contributed by atoms with van der Waals surface area (Å²) in [5.41, 5.74) is 0. The molecule has 1 unspecified atom stereocenters. The first-order chi connectivity index (χ1) is 15.7. The van der Waals surface area contributed by atoms with Gasteiger partial charge in [0.1, 0.15) is 6.10 Å². The quantitative estimate of drug-likeness (QED) is 0.0926. The smallest absolute Gasteiger partial charge is 0.306 e. The Bertz CT molecular complexity index is 445. The monoisotopic (exact) mass is 452 g/mol. The first kappa shape index (κ1) is 30.9. The fraction of sp³-hybridized carbons (Fsp3) is 0.821. The van der Waals surface area contributed by atoms with Crippen LogP contribution in [0.15, 0.2) is 24.3 Å². The Balaban J connectivity index is 3.46. The van der Waals surface area contributed by atoms with Gasteiger partial charge >= 0.3 is 5.97 Å². The van der Waals surface area contributed by atoms with Crippen LogP contribution in [-0.2, 0) is 14.3 Å². The van der Waals surface area contributed by atoms with Gasteiger partial charge in [0.15, 0.2) is 0 Å². The molecule has 188 valence electrons. The van der Waals surface area contributed by atoms with Crippen LogP contribution in [0, 0.1) is 0 Å². The van der Waals surface area contributed by atoms with E-state index in [9.17, 15) is 9.90 Å². The predicted octanol–water partition coefficient (Wildman–Crippen LogP) is 7.69. The maximum absolute atomic E-state index is 11.9. The lowest BCUT2D eigenvalue weighted by atomic mass is 10.1. The number of carbonyl (C=O) groups is 1.